The van der Waals surface area contributed by atoms with E-state index in [0.29, 0.717) is 30.6 Å². The fraction of sp³-hybridized carbons (Fsp3) is 0.419. The minimum atomic E-state index is 0.238. The molecule has 8 nitrogen and oxygen atoms in total. The number of nitrogens with zero attached hydrogens (tertiary/aromatic N) is 3. The van der Waals surface area contributed by atoms with Crippen molar-refractivity contribution in [3.05, 3.63) is 83.3 Å². The van der Waals surface area contributed by atoms with E-state index in [2.05, 4.69) is 39.9 Å². The molecular weight excluding hydrogens is 490 g/mol. The van der Waals surface area contributed by atoms with Gasteiger partial charge in [-0.05, 0) is 50.3 Å². The van der Waals surface area contributed by atoms with Crippen molar-refractivity contribution in [2.24, 2.45) is 22.4 Å². The number of aliphatic imine (C=N–C) groups is 1. The summed E-state index contributed by atoms with van der Waals surface area (Å²) in [5.41, 5.74) is 17.4. The number of morpholine rings is 1. The molecule has 0 unspecified atom stereocenters. The number of rotatable bonds is 8. The lowest BCUT2D eigenvalue weighted by Crippen LogP contribution is -2.38. The third kappa shape index (κ3) is 8.43. The normalized spacial score (nSPS) is 18.9. The Morgan fingerprint density at radius 2 is 1.90 bits per heavy atom. The van der Waals surface area contributed by atoms with Gasteiger partial charge in [0.25, 0.3) is 0 Å². The molecule has 39 heavy (non-hydrogen) atoms. The largest absolute Gasteiger partial charge is 0.489 e. The number of carbonyl (C=O) groups is 1. The van der Waals surface area contributed by atoms with E-state index in [1.165, 1.54) is 24.8 Å². The van der Waals surface area contributed by atoms with E-state index in [1.807, 2.05) is 36.5 Å². The molecule has 208 valence electrons. The predicted molar refractivity (Wildman–Crippen MR) is 156 cm³/mol. The number of benzene rings is 2. The maximum Gasteiger partial charge on any atom is 0.149 e. The molecule has 0 radical (unpaired) electrons. The summed E-state index contributed by atoms with van der Waals surface area (Å²) in [4.78, 5) is 19.2. The summed E-state index contributed by atoms with van der Waals surface area (Å²) < 4.78 is 11.1. The average Bonchev–Trinajstić information content (AvgIpc) is 2.90. The second kappa shape index (κ2) is 14.0. The topological polar surface area (TPSA) is 106 Å². The van der Waals surface area contributed by atoms with Gasteiger partial charge in [-0.1, -0.05) is 48.4 Å². The van der Waals surface area contributed by atoms with Crippen LogP contribution in [0.5, 0.6) is 5.75 Å². The standard InChI is InChI=1S/C24H28N4O.C7H13NO2/c1-17-5-2-8-19(13-17)16-29-21-10-4-9-20(14-21)22(25)23-24(26)27-11-12-28(23)15-18-6-3-7-18;1-7(9)6-8-2-4-10-5-3-8/h2,4-5,8-14,18H,3,6-7,15-16,25H2,1H3,(H2,26,27);2-6H2,1H3/b23-22-;. The van der Waals surface area contributed by atoms with Gasteiger partial charge in [0.2, 0.25) is 0 Å². The Balaban J connectivity index is 0.000000298. The first-order valence-electron chi connectivity index (χ1n) is 13.7. The average molecular weight is 532 g/mol. The highest BCUT2D eigenvalue weighted by Crippen LogP contribution is 2.31. The number of hydrogen-bond acceptors (Lipinski definition) is 8. The van der Waals surface area contributed by atoms with Crippen LogP contribution in [0.2, 0.25) is 0 Å². The summed E-state index contributed by atoms with van der Waals surface area (Å²) in [6, 6.07) is 16.2. The lowest BCUT2D eigenvalue weighted by molar-refractivity contribution is -0.119. The van der Waals surface area contributed by atoms with Gasteiger partial charge in [0.05, 0.1) is 25.5 Å². The maximum atomic E-state index is 10.6. The molecule has 2 fully saturated rings. The fourth-order valence-corrected chi connectivity index (χ4v) is 4.81. The molecule has 4 N–H and O–H groups in total. The summed E-state index contributed by atoms with van der Waals surface area (Å²) in [7, 11) is 0. The van der Waals surface area contributed by atoms with Crippen molar-refractivity contribution in [2.75, 3.05) is 39.4 Å². The lowest BCUT2D eigenvalue weighted by Gasteiger charge is -2.34. The van der Waals surface area contributed by atoms with Crippen LogP contribution in [0.4, 0.5) is 0 Å². The molecular formula is C31H41N5O3. The highest BCUT2D eigenvalue weighted by molar-refractivity contribution is 6.03. The molecule has 2 aromatic carbocycles. The van der Waals surface area contributed by atoms with Crippen molar-refractivity contribution >= 4 is 17.3 Å². The Hall–Kier alpha value is -3.62. The van der Waals surface area contributed by atoms with Crippen molar-refractivity contribution in [1.29, 1.82) is 0 Å². The van der Waals surface area contributed by atoms with Crippen molar-refractivity contribution in [1.82, 2.24) is 9.80 Å². The van der Waals surface area contributed by atoms with E-state index < -0.39 is 0 Å². The molecule has 0 bridgehead atoms. The van der Waals surface area contributed by atoms with Gasteiger partial charge in [0.1, 0.15) is 29.7 Å². The Labute approximate surface area is 232 Å². The molecule has 3 aliphatic rings. The van der Waals surface area contributed by atoms with Crippen LogP contribution >= 0.6 is 0 Å². The third-order valence-corrected chi connectivity index (χ3v) is 7.11. The van der Waals surface area contributed by atoms with Gasteiger partial charge in [0, 0.05) is 37.6 Å². The minimum Gasteiger partial charge on any atom is -0.489 e. The van der Waals surface area contributed by atoms with Crippen LogP contribution in [0.25, 0.3) is 5.70 Å². The number of Topliss-reactive ketones (excluding diaryl/α,β-unsaturated/α-hetero) is 1. The monoisotopic (exact) mass is 531 g/mol. The van der Waals surface area contributed by atoms with Crippen LogP contribution in [-0.2, 0) is 16.1 Å². The SMILES string of the molecule is CC(=O)CN1CCOCC1.Cc1cccc(COc2cccc(/C(N)=C3\C(N)=NC=CN3CC3CCC3)c2)c1. The van der Waals surface area contributed by atoms with E-state index in [1.54, 1.807) is 13.1 Å². The van der Waals surface area contributed by atoms with Gasteiger partial charge in [-0.15, -0.1) is 0 Å². The Kier molecular flexibility index (Phi) is 10.2. The van der Waals surface area contributed by atoms with Crippen LogP contribution in [0.1, 0.15) is 42.9 Å². The van der Waals surface area contributed by atoms with E-state index >= 15 is 0 Å². The fourth-order valence-electron chi connectivity index (χ4n) is 4.81. The predicted octanol–water partition coefficient (Wildman–Crippen LogP) is 4.05. The Bertz CT molecular complexity index is 1210. The Morgan fingerprint density at radius 3 is 2.59 bits per heavy atom. The Morgan fingerprint density at radius 1 is 1.13 bits per heavy atom. The van der Waals surface area contributed by atoms with Crippen LogP contribution < -0.4 is 16.2 Å². The van der Waals surface area contributed by atoms with Gasteiger partial charge in [-0.3, -0.25) is 9.69 Å². The molecule has 5 rings (SSSR count). The summed E-state index contributed by atoms with van der Waals surface area (Å²) >= 11 is 0. The number of carbonyl (C=O) groups excluding carboxylic acids is 1. The summed E-state index contributed by atoms with van der Waals surface area (Å²) in [6.45, 7) is 9.07. The van der Waals surface area contributed by atoms with Crippen molar-refractivity contribution < 1.29 is 14.3 Å². The van der Waals surface area contributed by atoms with Crippen molar-refractivity contribution in [3.63, 3.8) is 0 Å². The minimum absolute atomic E-state index is 0.238. The first kappa shape index (κ1) is 28.4. The first-order chi connectivity index (χ1) is 18.9. The van der Waals surface area contributed by atoms with Gasteiger partial charge in [-0.2, -0.15) is 0 Å². The van der Waals surface area contributed by atoms with Gasteiger partial charge in [0.15, 0.2) is 0 Å². The quantitative estimate of drug-likeness (QED) is 0.529. The van der Waals surface area contributed by atoms with E-state index in [-0.39, 0.29) is 5.78 Å². The molecule has 1 saturated heterocycles. The lowest BCUT2D eigenvalue weighted by atomic mass is 9.85. The number of amidine groups is 1. The van der Waals surface area contributed by atoms with Gasteiger partial charge >= 0.3 is 0 Å². The van der Waals surface area contributed by atoms with Gasteiger partial charge in [-0.25, -0.2) is 4.99 Å². The molecule has 1 saturated carbocycles. The van der Waals surface area contributed by atoms with E-state index in [4.69, 9.17) is 20.9 Å². The molecule has 8 heteroatoms. The number of ether oxygens (including phenoxy) is 2. The number of hydrogen-bond donors (Lipinski definition) is 2. The third-order valence-electron chi connectivity index (χ3n) is 7.11. The van der Waals surface area contributed by atoms with Crippen LogP contribution in [0.15, 0.2) is 71.6 Å². The zero-order valence-electron chi connectivity index (χ0n) is 23.1. The smallest absolute Gasteiger partial charge is 0.149 e. The molecule has 2 heterocycles. The number of nitrogens with two attached hydrogens (primary N) is 2. The van der Waals surface area contributed by atoms with Crippen molar-refractivity contribution in [3.8, 4) is 5.75 Å². The second-order valence-corrected chi connectivity index (χ2v) is 10.4. The number of aryl methyl sites for hydroxylation is 1. The zero-order chi connectivity index (χ0) is 27.6. The second-order valence-electron chi connectivity index (χ2n) is 10.4. The molecule has 2 aliphatic heterocycles. The highest BCUT2D eigenvalue weighted by Gasteiger charge is 2.25. The van der Waals surface area contributed by atoms with E-state index in [9.17, 15) is 4.79 Å². The van der Waals surface area contributed by atoms with Crippen molar-refractivity contribution in [2.45, 2.75) is 39.7 Å². The van der Waals surface area contributed by atoms with Crippen LogP contribution in [0.3, 0.4) is 0 Å². The summed E-state index contributed by atoms with van der Waals surface area (Å²) in [5, 5.41) is 0. The van der Waals surface area contributed by atoms with Crippen LogP contribution in [-0.4, -0.2) is 60.8 Å². The molecule has 2 aromatic rings. The number of ketones is 1. The first-order valence-corrected chi connectivity index (χ1v) is 13.7. The van der Waals surface area contributed by atoms with E-state index in [0.717, 1.165) is 55.4 Å². The molecule has 1 aliphatic carbocycles. The molecule has 0 aromatic heterocycles. The highest BCUT2D eigenvalue weighted by atomic mass is 16.5. The van der Waals surface area contributed by atoms with Crippen LogP contribution in [0, 0.1) is 12.8 Å². The van der Waals surface area contributed by atoms with Gasteiger partial charge < -0.3 is 25.8 Å². The summed E-state index contributed by atoms with van der Waals surface area (Å²) in [5.74, 6) is 2.16. The summed E-state index contributed by atoms with van der Waals surface area (Å²) in [6.07, 6.45) is 7.54. The zero-order valence-corrected chi connectivity index (χ0v) is 23.1. The molecule has 0 amide bonds. The molecule has 0 spiro atoms. The molecule has 0 atom stereocenters. The maximum absolute atomic E-state index is 10.6.